The molecule has 0 aromatic rings. The first-order chi connectivity index (χ1) is 5.85. The first-order valence-corrected chi connectivity index (χ1v) is 4.91. The topological polar surface area (TPSA) is 24.5 Å². The fraction of sp³-hybridized carbons (Fsp3) is 1.00. The Labute approximate surface area is 76.1 Å². The maximum absolute atomic E-state index is 5.22. The average molecular weight is 174 g/mol. The third-order valence-electron chi connectivity index (χ3n) is 1.77. The van der Waals surface area contributed by atoms with Gasteiger partial charge in [-0.15, -0.1) is 0 Å². The van der Waals surface area contributed by atoms with Gasteiger partial charge < -0.3 is 4.74 Å². The molecule has 0 heterocycles. The van der Waals surface area contributed by atoms with Gasteiger partial charge in [-0.1, -0.05) is 13.8 Å². The van der Waals surface area contributed by atoms with Crippen molar-refractivity contribution in [2.45, 2.75) is 27.2 Å². The third-order valence-corrected chi connectivity index (χ3v) is 1.77. The molecule has 0 aliphatic heterocycles. The molecule has 12 heavy (non-hydrogen) atoms. The van der Waals surface area contributed by atoms with Crippen molar-refractivity contribution in [2.75, 3.05) is 32.8 Å². The van der Waals surface area contributed by atoms with Crippen LogP contribution in [0.1, 0.15) is 27.2 Å². The van der Waals surface area contributed by atoms with E-state index < -0.39 is 0 Å². The van der Waals surface area contributed by atoms with Crippen molar-refractivity contribution in [3.8, 4) is 0 Å². The van der Waals surface area contributed by atoms with Gasteiger partial charge in [-0.25, -0.2) is 5.01 Å². The van der Waals surface area contributed by atoms with Crippen LogP contribution in [-0.2, 0) is 4.74 Å². The Bertz CT molecular complexity index is 84.6. The highest BCUT2D eigenvalue weighted by Crippen LogP contribution is 1.83. The quantitative estimate of drug-likeness (QED) is 0.443. The SMILES string of the molecule is CCOCCCNN(CC)CC. The summed E-state index contributed by atoms with van der Waals surface area (Å²) in [6.07, 6.45) is 1.09. The molecule has 74 valence electrons. The smallest absolute Gasteiger partial charge is 0.0478 e. The molecule has 0 atom stereocenters. The molecular weight excluding hydrogens is 152 g/mol. The summed E-state index contributed by atoms with van der Waals surface area (Å²) in [6, 6.07) is 0. The van der Waals surface area contributed by atoms with E-state index in [1.165, 1.54) is 0 Å². The zero-order valence-corrected chi connectivity index (χ0v) is 8.60. The summed E-state index contributed by atoms with van der Waals surface area (Å²) < 4.78 is 5.22. The first-order valence-electron chi connectivity index (χ1n) is 4.91. The number of nitrogens with one attached hydrogen (secondary N) is 1. The van der Waals surface area contributed by atoms with Crippen LogP contribution in [-0.4, -0.2) is 37.9 Å². The highest BCUT2D eigenvalue weighted by atomic mass is 16.5. The van der Waals surface area contributed by atoms with E-state index in [1.807, 2.05) is 6.92 Å². The molecule has 1 N–H and O–H groups in total. The maximum atomic E-state index is 5.22. The van der Waals surface area contributed by atoms with Crippen molar-refractivity contribution in [3.05, 3.63) is 0 Å². The Balaban J connectivity index is 3.06. The average Bonchev–Trinajstić information content (AvgIpc) is 2.11. The molecule has 3 heteroatoms. The van der Waals surface area contributed by atoms with E-state index in [0.717, 1.165) is 39.3 Å². The minimum absolute atomic E-state index is 0.825. The molecular formula is C9H22N2O. The highest BCUT2D eigenvalue weighted by Gasteiger charge is 1.95. The van der Waals surface area contributed by atoms with E-state index in [9.17, 15) is 0 Å². The van der Waals surface area contributed by atoms with Gasteiger partial charge in [-0.2, -0.15) is 0 Å². The zero-order valence-electron chi connectivity index (χ0n) is 8.60. The second-order valence-corrected chi connectivity index (χ2v) is 2.63. The summed E-state index contributed by atoms with van der Waals surface area (Å²) in [5, 5.41) is 2.20. The van der Waals surface area contributed by atoms with Gasteiger partial charge in [0.25, 0.3) is 0 Å². The molecule has 0 aromatic carbocycles. The summed E-state index contributed by atoms with van der Waals surface area (Å²) in [5.74, 6) is 0. The summed E-state index contributed by atoms with van der Waals surface area (Å²) in [6.45, 7) is 11.2. The predicted molar refractivity (Wildman–Crippen MR) is 52.0 cm³/mol. The van der Waals surface area contributed by atoms with Gasteiger partial charge in [0.05, 0.1) is 0 Å². The Kier molecular flexibility index (Phi) is 8.88. The molecule has 0 saturated heterocycles. The summed E-state index contributed by atoms with van der Waals surface area (Å²) in [4.78, 5) is 0. The maximum Gasteiger partial charge on any atom is 0.0478 e. The van der Waals surface area contributed by atoms with Crippen molar-refractivity contribution in [1.29, 1.82) is 0 Å². The first kappa shape index (κ1) is 11.9. The number of hydrogen-bond donors (Lipinski definition) is 1. The lowest BCUT2D eigenvalue weighted by Gasteiger charge is -2.19. The Morgan fingerprint density at radius 1 is 1.17 bits per heavy atom. The molecule has 0 aliphatic rings. The van der Waals surface area contributed by atoms with Crippen LogP contribution in [0.4, 0.5) is 0 Å². The molecule has 0 unspecified atom stereocenters. The van der Waals surface area contributed by atoms with Gasteiger partial charge in [0, 0.05) is 32.8 Å². The van der Waals surface area contributed by atoms with Crippen molar-refractivity contribution >= 4 is 0 Å². The Hall–Kier alpha value is -0.120. The Morgan fingerprint density at radius 2 is 1.83 bits per heavy atom. The van der Waals surface area contributed by atoms with E-state index in [0.29, 0.717) is 0 Å². The monoisotopic (exact) mass is 174 g/mol. The van der Waals surface area contributed by atoms with Crippen molar-refractivity contribution in [2.24, 2.45) is 0 Å². The molecule has 0 radical (unpaired) electrons. The van der Waals surface area contributed by atoms with E-state index in [1.54, 1.807) is 0 Å². The van der Waals surface area contributed by atoms with Gasteiger partial charge in [0.2, 0.25) is 0 Å². The molecule has 0 aromatic heterocycles. The van der Waals surface area contributed by atoms with Crippen LogP contribution in [0.15, 0.2) is 0 Å². The lowest BCUT2D eigenvalue weighted by atomic mass is 10.4. The van der Waals surface area contributed by atoms with Gasteiger partial charge in [0.1, 0.15) is 0 Å². The fourth-order valence-corrected chi connectivity index (χ4v) is 1.00. The van der Waals surface area contributed by atoms with Crippen LogP contribution in [0.25, 0.3) is 0 Å². The lowest BCUT2D eigenvalue weighted by Crippen LogP contribution is -2.38. The Morgan fingerprint density at radius 3 is 2.33 bits per heavy atom. The van der Waals surface area contributed by atoms with E-state index in [4.69, 9.17) is 4.74 Å². The van der Waals surface area contributed by atoms with E-state index >= 15 is 0 Å². The van der Waals surface area contributed by atoms with Crippen LogP contribution < -0.4 is 5.43 Å². The van der Waals surface area contributed by atoms with Crippen LogP contribution in [0.5, 0.6) is 0 Å². The normalized spacial score (nSPS) is 11.0. The number of nitrogens with zero attached hydrogens (tertiary/aromatic N) is 1. The molecule has 0 bridgehead atoms. The zero-order chi connectivity index (χ0) is 9.23. The molecule has 0 amide bonds. The van der Waals surface area contributed by atoms with Crippen LogP contribution in [0.2, 0.25) is 0 Å². The fourth-order valence-electron chi connectivity index (χ4n) is 1.00. The third kappa shape index (κ3) is 6.58. The summed E-state index contributed by atoms with van der Waals surface area (Å²) in [5.41, 5.74) is 3.33. The molecule has 0 rings (SSSR count). The lowest BCUT2D eigenvalue weighted by molar-refractivity contribution is 0.133. The molecule has 0 spiro atoms. The van der Waals surface area contributed by atoms with Crippen molar-refractivity contribution in [1.82, 2.24) is 10.4 Å². The molecule has 0 aliphatic carbocycles. The highest BCUT2D eigenvalue weighted by molar-refractivity contribution is 4.46. The van der Waals surface area contributed by atoms with Crippen molar-refractivity contribution in [3.63, 3.8) is 0 Å². The van der Waals surface area contributed by atoms with Crippen LogP contribution in [0, 0.1) is 0 Å². The van der Waals surface area contributed by atoms with E-state index in [-0.39, 0.29) is 0 Å². The summed E-state index contributed by atoms with van der Waals surface area (Å²) >= 11 is 0. The second kappa shape index (κ2) is 8.97. The van der Waals surface area contributed by atoms with Gasteiger partial charge in [0.15, 0.2) is 0 Å². The van der Waals surface area contributed by atoms with Crippen LogP contribution >= 0.6 is 0 Å². The molecule has 0 saturated carbocycles. The molecule has 0 fully saturated rings. The predicted octanol–water partition coefficient (Wildman–Crippen LogP) is 1.26. The summed E-state index contributed by atoms with van der Waals surface area (Å²) in [7, 11) is 0. The van der Waals surface area contributed by atoms with Gasteiger partial charge >= 0.3 is 0 Å². The number of rotatable bonds is 8. The molecule has 3 nitrogen and oxygen atoms in total. The van der Waals surface area contributed by atoms with Crippen LogP contribution in [0.3, 0.4) is 0 Å². The largest absolute Gasteiger partial charge is 0.382 e. The number of hydrogen-bond acceptors (Lipinski definition) is 3. The van der Waals surface area contributed by atoms with Gasteiger partial charge in [-0.05, 0) is 13.3 Å². The standard InChI is InChI=1S/C9H22N2O/c1-4-11(5-2)10-8-7-9-12-6-3/h10H,4-9H2,1-3H3. The minimum Gasteiger partial charge on any atom is -0.382 e. The van der Waals surface area contributed by atoms with Crippen molar-refractivity contribution < 1.29 is 4.74 Å². The van der Waals surface area contributed by atoms with Gasteiger partial charge in [-0.3, -0.25) is 5.43 Å². The number of ether oxygens (including phenoxy) is 1. The van der Waals surface area contributed by atoms with E-state index in [2.05, 4.69) is 24.3 Å². The second-order valence-electron chi connectivity index (χ2n) is 2.63. The minimum atomic E-state index is 0.825. The number of hydrazine groups is 1.